The second kappa shape index (κ2) is 9.69. The van der Waals surface area contributed by atoms with Crippen LogP contribution < -0.4 is 14.8 Å². The molecule has 2 aromatic heterocycles. The van der Waals surface area contributed by atoms with Crippen LogP contribution in [-0.2, 0) is 14.6 Å². The summed E-state index contributed by atoms with van der Waals surface area (Å²) in [5, 5.41) is 2.54. The first-order valence-electron chi connectivity index (χ1n) is 10.0. The van der Waals surface area contributed by atoms with E-state index in [-0.39, 0.29) is 33.8 Å². The maximum atomic E-state index is 13.5. The van der Waals surface area contributed by atoms with E-state index in [1.54, 1.807) is 0 Å². The first-order chi connectivity index (χ1) is 16.7. The van der Waals surface area contributed by atoms with Crippen molar-refractivity contribution >= 4 is 33.4 Å². The summed E-state index contributed by atoms with van der Waals surface area (Å²) >= 11 is 0. The lowest BCUT2D eigenvalue weighted by Gasteiger charge is -2.13. The highest BCUT2D eigenvalue weighted by Gasteiger charge is 2.26. The molecule has 0 bridgehead atoms. The zero-order valence-corrected chi connectivity index (χ0v) is 18.9. The molecule has 0 saturated carbocycles. The Morgan fingerprint density at radius 3 is 1.94 bits per heavy atom. The van der Waals surface area contributed by atoms with Gasteiger partial charge in [0.2, 0.25) is 27.3 Å². The van der Waals surface area contributed by atoms with Crippen LogP contribution in [0.4, 0.5) is 5.69 Å². The van der Waals surface area contributed by atoms with Crippen LogP contribution in [0, 0.1) is 0 Å². The topological polar surface area (TPSA) is 142 Å². The molecule has 0 aliphatic heterocycles. The third kappa shape index (κ3) is 5.31. The van der Waals surface area contributed by atoms with Crippen molar-refractivity contribution in [3.8, 4) is 11.5 Å². The predicted molar refractivity (Wildman–Crippen MR) is 120 cm³/mol. The Balaban J connectivity index is 1.72. The van der Waals surface area contributed by atoms with Crippen LogP contribution >= 0.6 is 0 Å². The van der Waals surface area contributed by atoms with Crippen molar-refractivity contribution in [2.75, 3.05) is 5.32 Å². The average molecular weight is 495 g/mol. The van der Waals surface area contributed by atoms with Gasteiger partial charge < -0.3 is 23.6 Å². The van der Waals surface area contributed by atoms with E-state index in [4.69, 9.17) is 18.3 Å². The van der Waals surface area contributed by atoms with Crippen LogP contribution in [0.15, 0.2) is 97.9 Å². The molecular formula is C24H17NO9S. The van der Waals surface area contributed by atoms with Gasteiger partial charge in [0.25, 0.3) is 0 Å². The van der Waals surface area contributed by atoms with Crippen molar-refractivity contribution in [2.24, 2.45) is 0 Å². The van der Waals surface area contributed by atoms with E-state index < -0.39 is 26.7 Å². The second-order valence-corrected chi connectivity index (χ2v) is 8.97. The zero-order valence-electron chi connectivity index (χ0n) is 18.1. The monoisotopic (exact) mass is 495 g/mol. The quantitative estimate of drug-likeness (QED) is 0.296. The number of furan rings is 2. The van der Waals surface area contributed by atoms with Crippen molar-refractivity contribution in [2.45, 2.75) is 16.7 Å². The summed E-state index contributed by atoms with van der Waals surface area (Å²) in [6, 6.07) is 14.6. The number of benzene rings is 2. The van der Waals surface area contributed by atoms with Crippen molar-refractivity contribution in [1.29, 1.82) is 0 Å². The fourth-order valence-electron chi connectivity index (χ4n) is 2.99. The molecule has 0 unspecified atom stereocenters. The van der Waals surface area contributed by atoms with Gasteiger partial charge in [-0.1, -0.05) is 0 Å². The highest BCUT2D eigenvalue weighted by Crippen LogP contribution is 2.34. The van der Waals surface area contributed by atoms with Gasteiger partial charge in [0.15, 0.2) is 5.75 Å². The van der Waals surface area contributed by atoms with Crippen LogP contribution in [0.2, 0.25) is 0 Å². The summed E-state index contributed by atoms with van der Waals surface area (Å²) in [6.45, 7) is 1.32. The van der Waals surface area contributed by atoms with Gasteiger partial charge >= 0.3 is 11.9 Å². The van der Waals surface area contributed by atoms with Crippen LogP contribution in [0.25, 0.3) is 0 Å². The van der Waals surface area contributed by atoms with E-state index in [2.05, 4.69) is 5.32 Å². The number of anilines is 1. The molecular weight excluding hydrogens is 478 g/mol. The Kier molecular flexibility index (Phi) is 6.51. The molecule has 2 aromatic carbocycles. The summed E-state index contributed by atoms with van der Waals surface area (Å²) in [5.74, 6) is -2.75. The number of esters is 2. The molecule has 35 heavy (non-hydrogen) atoms. The predicted octanol–water partition coefficient (Wildman–Crippen LogP) is 4.10. The molecule has 4 aromatic rings. The van der Waals surface area contributed by atoms with Crippen LogP contribution in [0.1, 0.15) is 28.0 Å². The van der Waals surface area contributed by atoms with Gasteiger partial charge in [-0.2, -0.15) is 0 Å². The molecule has 1 amide bonds. The molecule has 0 radical (unpaired) electrons. The van der Waals surface area contributed by atoms with Crippen molar-refractivity contribution in [1.82, 2.24) is 0 Å². The molecule has 0 aliphatic carbocycles. The van der Waals surface area contributed by atoms with E-state index in [9.17, 15) is 22.8 Å². The molecule has 0 saturated heterocycles. The van der Waals surface area contributed by atoms with Crippen molar-refractivity contribution < 1.29 is 41.1 Å². The fourth-order valence-corrected chi connectivity index (χ4v) is 4.38. The number of amides is 1. The molecule has 1 N–H and O–H groups in total. The zero-order chi connectivity index (χ0) is 25.0. The standard InChI is InChI=1S/C24H17NO9S/c1-15(26)25-16-6-9-18(10-7-16)35(29,30)22-14-17(33-23(27)20-4-2-12-31-20)8-11-19(22)34-24(28)21-5-3-13-32-21/h2-14H,1H3,(H,25,26). The minimum Gasteiger partial charge on any atom is -0.457 e. The first-order valence-corrected chi connectivity index (χ1v) is 11.5. The van der Waals surface area contributed by atoms with E-state index in [0.717, 1.165) is 6.07 Å². The first kappa shape index (κ1) is 23.5. The van der Waals surface area contributed by atoms with E-state index in [1.165, 1.54) is 80.1 Å². The second-order valence-electron chi connectivity index (χ2n) is 7.05. The van der Waals surface area contributed by atoms with Gasteiger partial charge in [-0.15, -0.1) is 0 Å². The van der Waals surface area contributed by atoms with Gasteiger partial charge in [-0.3, -0.25) is 4.79 Å². The summed E-state index contributed by atoms with van der Waals surface area (Å²) in [6.07, 6.45) is 2.55. The number of carbonyl (C=O) groups is 3. The number of nitrogens with one attached hydrogen (secondary N) is 1. The molecule has 4 rings (SSSR count). The van der Waals surface area contributed by atoms with E-state index >= 15 is 0 Å². The van der Waals surface area contributed by atoms with Gasteiger partial charge in [-0.05, 0) is 60.7 Å². The highest BCUT2D eigenvalue weighted by atomic mass is 32.2. The Morgan fingerprint density at radius 2 is 1.40 bits per heavy atom. The highest BCUT2D eigenvalue weighted by molar-refractivity contribution is 7.91. The van der Waals surface area contributed by atoms with Crippen LogP contribution in [0.5, 0.6) is 11.5 Å². The minimum absolute atomic E-state index is 0.0868. The Labute approximate surface area is 199 Å². The molecule has 10 nitrogen and oxygen atoms in total. The van der Waals surface area contributed by atoms with Gasteiger partial charge in [-0.25, -0.2) is 18.0 Å². The summed E-state index contributed by atoms with van der Waals surface area (Å²) in [7, 11) is -4.28. The Hall–Kier alpha value is -4.64. The molecule has 178 valence electrons. The largest absolute Gasteiger partial charge is 0.457 e. The maximum Gasteiger partial charge on any atom is 0.379 e. The van der Waals surface area contributed by atoms with Crippen LogP contribution in [-0.4, -0.2) is 26.3 Å². The van der Waals surface area contributed by atoms with Crippen molar-refractivity contribution in [3.63, 3.8) is 0 Å². The SMILES string of the molecule is CC(=O)Nc1ccc(S(=O)(=O)c2cc(OC(=O)c3ccco3)ccc2OC(=O)c2ccco2)cc1. The molecule has 11 heteroatoms. The maximum absolute atomic E-state index is 13.5. The molecule has 0 spiro atoms. The average Bonchev–Trinajstić information content (AvgIpc) is 3.54. The number of carbonyl (C=O) groups excluding carboxylic acids is 3. The Bertz CT molecular complexity index is 1470. The molecule has 0 fully saturated rings. The third-order valence-corrected chi connectivity index (χ3v) is 6.34. The normalized spacial score (nSPS) is 11.0. The smallest absolute Gasteiger partial charge is 0.379 e. The van der Waals surface area contributed by atoms with Gasteiger partial charge in [0.05, 0.1) is 17.4 Å². The summed E-state index contributed by atoms with van der Waals surface area (Å²) < 4.78 is 47.4. The summed E-state index contributed by atoms with van der Waals surface area (Å²) in [4.78, 5) is 35.3. The number of sulfone groups is 1. The van der Waals surface area contributed by atoms with E-state index in [1.807, 2.05) is 0 Å². The van der Waals surface area contributed by atoms with Gasteiger partial charge in [0.1, 0.15) is 10.6 Å². The van der Waals surface area contributed by atoms with Gasteiger partial charge in [0, 0.05) is 18.7 Å². The Morgan fingerprint density at radius 1 is 0.800 bits per heavy atom. The van der Waals surface area contributed by atoms with E-state index in [0.29, 0.717) is 5.69 Å². The fraction of sp³-hybridized carbons (Fsp3) is 0.0417. The lowest BCUT2D eigenvalue weighted by atomic mass is 10.3. The minimum atomic E-state index is -4.28. The lowest BCUT2D eigenvalue weighted by Crippen LogP contribution is -2.13. The third-order valence-electron chi connectivity index (χ3n) is 4.55. The number of ether oxygens (including phenoxy) is 2. The molecule has 0 aliphatic rings. The molecule has 2 heterocycles. The van der Waals surface area contributed by atoms with Crippen LogP contribution in [0.3, 0.4) is 0 Å². The number of hydrogen-bond acceptors (Lipinski definition) is 9. The number of hydrogen-bond donors (Lipinski definition) is 1. The number of rotatable bonds is 7. The van der Waals surface area contributed by atoms with Crippen molar-refractivity contribution in [3.05, 3.63) is 90.8 Å². The lowest BCUT2D eigenvalue weighted by molar-refractivity contribution is -0.114. The molecule has 0 atom stereocenters. The summed E-state index contributed by atoms with van der Waals surface area (Å²) in [5.41, 5.74) is 0.391.